The van der Waals surface area contributed by atoms with Crippen LogP contribution in [0.4, 0.5) is 0 Å². The van der Waals surface area contributed by atoms with E-state index in [0.29, 0.717) is 11.8 Å². The van der Waals surface area contributed by atoms with E-state index < -0.39 is 0 Å². The van der Waals surface area contributed by atoms with Crippen LogP contribution in [0.15, 0.2) is 4.52 Å². The van der Waals surface area contributed by atoms with Gasteiger partial charge in [0.1, 0.15) is 0 Å². The van der Waals surface area contributed by atoms with E-state index in [1.165, 1.54) is 38.5 Å². The van der Waals surface area contributed by atoms with Crippen LogP contribution in [0.3, 0.4) is 0 Å². The van der Waals surface area contributed by atoms with Gasteiger partial charge in [0, 0.05) is 11.2 Å². The molecule has 2 aliphatic carbocycles. The van der Waals surface area contributed by atoms with Gasteiger partial charge in [-0.25, -0.2) is 0 Å². The molecule has 0 bridgehead atoms. The molecule has 2 fully saturated rings. The molecule has 0 amide bonds. The van der Waals surface area contributed by atoms with Crippen molar-refractivity contribution in [2.75, 3.05) is 6.54 Å². The summed E-state index contributed by atoms with van der Waals surface area (Å²) in [5.74, 6) is 3.54. The molecule has 2 saturated carbocycles. The second-order valence-electron chi connectivity index (χ2n) is 5.80. The highest BCUT2D eigenvalue weighted by Crippen LogP contribution is 2.38. The first-order valence-electron chi connectivity index (χ1n) is 7.51. The van der Waals surface area contributed by atoms with Crippen molar-refractivity contribution in [1.29, 1.82) is 0 Å². The molecule has 0 aromatic carbocycles. The van der Waals surface area contributed by atoms with Crippen molar-refractivity contribution >= 4 is 11.8 Å². The monoisotopic (exact) mass is 281 g/mol. The molecule has 3 rings (SSSR count). The smallest absolute Gasteiger partial charge is 0.230 e. The SMILES string of the molecule is NCC1CCCC1c1nc(CSC2CCCC2)no1. The Kier molecular flexibility index (Phi) is 4.43. The van der Waals surface area contributed by atoms with Gasteiger partial charge in [0.2, 0.25) is 5.89 Å². The average Bonchev–Trinajstić information content (AvgIpc) is 3.16. The second kappa shape index (κ2) is 6.27. The molecule has 0 aliphatic heterocycles. The highest BCUT2D eigenvalue weighted by atomic mass is 32.2. The van der Waals surface area contributed by atoms with Crippen LogP contribution >= 0.6 is 11.8 Å². The van der Waals surface area contributed by atoms with Crippen molar-refractivity contribution in [3.63, 3.8) is 0 Å². The van der Waals surface area contributed by atoms with Crippen molar-refractivity contribution in [3.8, 4) is 0 Å². The maximum absolute atomic E-state index is 5.82. The summed E-state index contributed by atoms with van der Waals surface area (Å²) < 4.78 is 5.47. The lowest BCUT2D eigenvalue weighted by Gasteiger charge is -2.12. The molecule has 2 unspecified atom stereocenters. The molecular weight excluding hydrogens is 258 g/mol. The Morgan fingerprint density at radius 3 is 2.79 bits per heavy atom. The lowest BCUT2D eigenvalue weighted by molar-refractivity contribution is 0.324. The van der Waals surface area contributed by atoms with Gasteiger partial charge in [0.05, 0.1) is 5.75 Å². The van der Waals surface area contributed by atoms with Crippen molar-refractivity contribution in [2.24, 2.45) is 11.7 Å². The number of nitrogens with zero attached hydrogens (tertiary/aromatic N) is 2. The molecule has 2 atom stereocenters. The van der Waals surface area contributed by atoms with Gasteiger partial charge in [-0.05, 0) is 38.1 Å². The quantitative estimate of drug-likeness (QED) is 0.898. The predicted molar refractivity (Wildman–Crippen MR) is 77.0 cm³/mol. The Morgan fingerprint density at radius 2 is 2.00 bits per heavy atom. The molecule has 2 N–H and O–H groups in total. The summed E-state index contributed by atoms with van der Waals surface area (Å²) in [6.45, 7) is 0.735. The van der Waals surface area contributed by atoms with Gasteiger partial charge in [-0.2, -0.15) is 16.7 Å². The highest BCUT2D eigenvalue weighted by Gasteiger charge is 2.31. The minimum Gasteiger partial charge on any atom is -0.339 e. The van der Waals surface area contributed by atoms with Crippen LogP contribution in [0.25, 0.3) is 0 Å². The van der Waals surface area contributed by atoms with Gasteiger partial charge in [-0.3, -0.25) is 0 Å². The van der Waals surface area contributed by atoms with E-state index in [1.54, 1.807) is 0 Å². The van der Waals surface area contributed by atoms with Crippen molar-refractivity contribution in [2.45, 2.75) is 61.9 Å². The first-order chi connectivity index (χ1) is 9.36. The van der Waals surface area contributed by atoms with Gasteiger partial charge in [0.15, 0.2) is 5.82 Å². The third kappa shape index (κ3) is 3.14. The third-order valence-electron chi connectivity index (χ3n) is 4.51. The average molecular weight is 281 g/mol. The van der Waals surface area contributed by atoms with E-state index >= 15 is 0 Å². The Labute approximate surface area is 118 Å². The van der Waals surface area contributed by atoms with Crippen LogP contribution in [0, 0.1) is 5.92 Å². The van der Waals surface area contributed by atoms with Gasteiger partial charge in [-0.1, -0.05) is 24.4 Å². The van der Waals surface area contributed by atoms with Crippen LogP contribution in [0.5, 0.6) is 0 Å². The molecular formula is C14H23N3OS. The zero-order chi connectivity index (χ0) is 13.1. The maximum Gasteiger partial charge on any atom is 0.230 e. The van der Waals surface area contributed by atoms with Gasteiger partial charge in [-0.15, -0.1) is 0 Å². The maximum atomic E-state index is 5.82. The Hall–Kier alpha value is -0.550. The zero-order valence-corrected chi connectivity index (χ0v) is 12.2. The van der Waals surface area contributed by atoms with Crippen molar-refractivity contribution < 1.29 is 4.52 Å². The van der Waals surface area contributed by atoms with Gasteiger partial charge in [0.25, 0.3) is 0 Å². The largest absolute Gasteiger partial charge is 0.339 e. The van der Waals surface area contributed by atoms with E-state index in [9.17, 15) is 0 Å². The minimum absolute atomic E-state index is 0.405. The van der Waals surface area contributed by atoms with Crippen molar-refractivity contribution in [1.82, 2.24) is 10.1 Å². The van der Waals surface area contributed by atoms with Crippen LogP contribution < -0.4 is 5.73 Å². The summed E-state index contributed by atoms with van der Waals surface area (Å²) in [5.41, 5.74) is 5.82. The van der Waals surface area contributed by atoms with E-state index in [0.717, 1.165) is 35.7 Å². The third-order valence-corrected chi connectivity index (χ3v) is 5.88. The molecule has 0 radical (unpaired) electrons. The van der Waals surface area contributed by atoms with Crippen LogP contribution in [-0.2, 0) is 5.75 Å². The summed E-state index contributed by atoms with van der Waals surface area (Å²) in [4.78, 5) is 4.60. The topological polar surface area (TPSA) is 64.9 Å². The second-order valence-corrected chi connectivity index (χ2v) is 7.09. The van der Waals surface area contributed by atoms with E-state index in [4.69, 9.17) is 10.3 Å². The fraction of sp³-hybridized carbons (Fsp3) is 0.857. The molecule has 4 nitrogen and oxygen atoms in total. The summed E-state index contributed by atoms with van der Waals surface area (Å²) in [6.07, 6.45) is 9.07. The van der Waals surface area contributed by atoms with E-state index in [1.807, 2.05) is 11.8 Å². The summed E-state index contributed by atoms with van der Waals surface area (Å²) in [5, 5.41) is 4.95. The van der Waals surface area contributed by atoms with Gasteiger partial charge >= 0.3 is 0 Å². The Balaban J connectivity index is 1.56. The molecule has 0 saturated heterocycles. The summed E-state index contributed by atoms with van der Waals surface area (Å²) in [7, 11) is 0. The number of thioether (sulfide) groups is 1. The number of hydrogen-bond acceptors (Lipinski definition) is 5. The Morgan fingerprint density at radius 1 is 1.16 bits per heavy atom. The summed E-state index contributed by atoms with van der Waals surface area (Å²) >= 11 is 1.99. The van der Waals surface area contributed by atoms with Gasteiger partial charge < -0.3 is 10.3 Å². The predicted octanol–water partition coefficient (Wildman–Crippen LogP) is 3.09. The molecule has 5 heteroatoms. The summed E-state index contributed by atoms with van der Waals surface area (Å²) in [6, 6.07) is 0. The Bertz CT molecular complexity index is 403. The van der Waals surface area contributed by atoms with Crippen molar-refractivity contribution in [3.05, 3.63) is 11.7 Å². The first kappa shape index (κ1) is 13.4. The van der Waals surface area contributed by atoms with Crippen LogP contribution in [0.2, 0.25) is 0 Å². The van der Waals surface area contributed by atoms with Crippen LogP contribution in [-0.4, -0.2) is 21.9 Å². The fourth-order valence-corrected chi connectivity index (χ4v) is 4.54. The molecule has 1 heterocycles. The normalized spacial score (nSPS) is 28.3. The van der Waals surface area contributed by atoms with E-state index in [-0.39, 0.29) is 0 Å². The van der Waals surface area contributed by atoms with E-state index in [2.05, 4.69) is 10.1 Å². The number of hydrogen-bond donors (Lipinski definition) is 1. The molecule has 0 spiro atoms. The first-order valence-corrected chi connectivity index (χ1v) is 8.56. The molecule has 2 aliphatic rings. The number of nitrogens with two attached hydrogens (primary N) is 1. The van der Waals surface area contributed by atoms with Crippen LogP contribution in [0.1, 0.15) is 62.6 Å². The lowest BCUT2D eigenvalue weighted by atomic mass is 9.96. The molecule has 106 valence electrons. The molecule has 1 aromatic heterocycles. The molecule has 19 heavy (non-hydrogen) atoms. The number of rotatable bonds is 5. The minimum atomic E-state index is 0.405. The highest BCUT2D eigenvalue weighted by molar-refractivity contribution is 7.99. The number of aromatic nitrogens is 2. The zero-order valence-electron chi connectivity index (χ0n) is 11.4. The fourth-order valence-electron chi connectivity index (χ4n) is 3.37. The standard InChI is InChI=1S/C14H23N3OS/c15-8-10-4-3-7-12(10)14-16-13(17-18-14)9-19-11-5-1-2-6-11/h10-12H,1-9,15H2. The lowest BCUT2D eigenvalue weighted by Crippen LogP contribution is -2.17. The molecule has 1 aromatic rings.